The number of amides is 1. The Bertz CT molecular complexity index is 322. The molecule has 2 aliphatic heterocycles. The molecule has 1 saturated carbocycles. The molecular formula is C11H19N2O2P. The zero-order valence-electron chi connectivity index (χ0n) is 9.74. The van der Waals surface area contributed by atoms with E-state index in [9.17, 15) is 4.79 Å². The Labute approximate surface area is 98.6 Å². The van der Waals surface area contributed by atoms with Gasteiger partial charge in [0.25, 0.3) is 5.91 Å². The van der Waals surface area contributed by atoms with E-state index in [1.54, 1.807) is 0 Å². The number of nitrogens with zero attached hydrogens (tertiary/aromatic N) is 2. The highest BCUT2D eigenvalue weighted by molar-refractivity contribution is 7.14. The summed E-state index contributed by atoms with van der Waals surface area (Å²) in [5.41, 5.74) is -0.505. The van der Waals surface area contributed by atoms with Gasteiger partial charge in [0.2, 0.25) is 0 Å². The summed E-state index contributed by atoms with van der Waals surface area (Å²) >= 11 is 0. The van der Waals surface area contributed by atoms with E-state index >= 15 is 0 Å². The standard InChI is InChI=1S/C11H19N2O2P/c1-12-6-4-10(5-7-12)8-13(16)9(14)11(15-10)2-3-11/h2-8,16H2,1H3. The maximum absolute atomic E-state index is 12.0. The normalized spacial score (nSPS) is 32.4. The van der Waals surface area contributed by atoms with Gasteiger partial charge >= 0.3 is 0 Å². The molecule has 0 aromatic carbocycles. The summed E-state index contributed by atoms with van der Waals surface area (Å²) in [5.74, 6) is 0.169. The largest absolute Gasteiger partial charge is 0.357 e. The van der Waals surface area contributed by atoms with Crippen LogP contribution in [0.25, 0.3) is 0 Å². The van der Waals surface area contributed by atoms with E-state index in [-0.39, 0.29) is 11.5 Å². The molecule has 5 heteroatoms. The highest BCUT2D eigenvalue weighted by Crippen LogP contribution is 2.50. The van der Waals surface area contributed by atoms with Gasteiger partial charge < -0.3 is 14.3 Å². The van der Waals surface area contributed by atoms with Gasteiger partial charge in [-0.15, -0.1) is 0 Å². The summed E-state index contributed by atoms with van der Waals surface area (Å²) in [6.45, 7) is 2.89. The van der Waals surface area contributed by atoms with E-state index in [0.717, 1.165) is 45.3 Å². The fraction of sp³-hybridized carbons (Fsp3) is 0.909. The summed E-state index contributed by atoms with van der Waals surface area (Å²) in [5, 5.41) is 0. The lowest BCUT2D eigenvalue weighted by molar-refractivity contribution is -0.189. The number of carbonyl (C=O) groups is 1. The van der Waals surface area contributed by atoms with Crippen molar-refractivity contribution >= 4 is 15.3 Å². The van der Waals surface area contributed by atoms with Crippen molar-refractivity contribution in [3.05, 3.63) is 0 Å². The van der Waals surface area contributed by atoms with Crippen LogP contribution in [0, 0.1) is 0 Å². The fourth-order valence-corrected chi connectivity index (χ4v) is 3.42. The first kappa shape index (κ1) is 10.9. The molecule has 3 rings (SSSR count). The zero-order valence-corrected chi connectivity index (χ0v) is 10.9. The van der Waals surface area contributed by atoms with Crippen LogP contribution in [0.4, 0.5) is 0 Å². The van der Waals surface area contributed by atoms with Gasteiger partial charge in [0.15, 0.2) is 0 Å². The molecule has 0 aromatic rings. The minimum atomic E-state index is -0.435. The van der Waals surface area contributed by atoms with Crippen molar-refractivity contribution in [3.63, 3.8) is 0 Å². The average Bonchev–Trinajstić information content (AvgIpc) is 3.01. The number of ether oxygens (including phenoxy) is 1. The van der Waals surface area contributed by atoms with Crippen LogP contribution in [0.1, 0.15) is 25.7 Å². The van der Waals surface area contributed by atoms with Gasteiger partial charge in [0, 0.05) is 13.1 Å². The number of rotatable bonds is 0. The van der Waals surface area contributed by atoms with Crippen molar-refractivity contribution in [1.82, 2.24) is 9.57 Å². The van der Waals surface area contributed by atoms with Crippen molar-refractivity contribution < 1.29 is 9.53 Å². The molecule has 1 atom stereocenters. The van der Waals surface area contributed by atoms with Crippen molar-refractivity contribution in [3.8, 4) is 0 Å². The van der Waals surface area contributed by atoms with Gasteiger partial charge in [-0.1, -0.05) is 0 Å². The first-order valence-electron chi connectivity index (χ1n) is 6.01. The first-order chi connectivity index (χ1) is 7.55. The van der Waals surface area contributed by atoms with Gasteiger partial charge in [-0.3, -0.25) is 4.79 Å². The monoisotopic (exact) mass is 242 g/mol. The van der Waals surface area contributed by atoms with E-state index in [0.29, 0.717) is 0 Å². The van der Waals surface area contributed by atoms with E-state index in [4.69, 9.17) is 4.74 Å². The second-order valence-electron chi connectivity index (χ2n) is 5.52. The summed E-state index contributed by atoms with van der Waals surface area (Å²) in [6.07, 6.45) is 3.91. The lowest BCUT2D eigenvalue weighted by atomic mass is 9.89. The van der Waals surface area contributed by atoms with Crippen LogP contribution in [0.3, 0.4) is 0 Å². The molecule has 1 amide bonds. The van der Waals surface area contributed by atoms with E-state index < -0.39 is 5.60 Å². The minimum absolute atomic E-state index is 0.0708. The number of likely N-dealkylation sites (tertiary alicyclic amines) is 1. The molecule has 1 aliphatic carbocycles. The molecule has 0 N–H and O–H groups in total. The van der Waals surface area contributed by atoms with Gasteiger partial charge in [-0.25, -0.2) is 0 Å². The number of hydrogen-bond acceptors (Lipinski definition) is 3. The van der Waals surface area contributed by atoms with Crippen LogP contribution in [0.5, 0.6) is 0 Å². The predicted molar refractivity (Wildman–Crippen MR) is 63.9 cm³/mol. The van der Waals surface area contributed by atoms with Gasteiger partial charge in [-0.2, -0.15) is 0 Å². The highest BCUT2D eigenvalue weighted by Gasteiger charge is 2.61. The van der Waals surface area contributed by atoms with Gasteiger partial charge in [0.05, 0.1) is 12.1 Å². The third-order valence-electron chi connectivity index (χ3n) is 4.12. The van der Waals surface area contributed by atoms with Crippen molar-refractivity contribution in [2.75, 3.05) is 26.7 Å². The van der Waals surface area contributed by atoms with Gasteiger partial charge in [-0.05, 0) is 42.1 Å². The predicted octanol–water partition coefficient (Wildman–Crippen LogP) is 0.632. The van der Waals surface area contributed by atoms with Crippen LogP contribution in [0.15, 0.2) is 0 Å². The van der Waals surface area contributed by atoms with Crippen LogP contribution >= 0.6 is 9.39 Å². The summed E-state index contributed by atoms with van der Waals surface area (Å²) < 4.78 is 8.02. The molecule has 4 nitrogen and oxygen atoms in total. The fourth-order valence-electron chi connectivity index (χ4n) is 2.85. The van der Waals surface area contributed by atoms with Crippen molar-refractivity contribution in [2.45, 2.75) is 36.9 Å². The molecule has 0 bridgehead atoms. The molecule has 16 heavy (non-hydrogen) atoms. The average molecular weight is 242 g/mol. The second kappa shape index (κ2) is 3.41. The molecule has 90 valence electrons. The third kappa shape index (κ3) is 1.59. The molecule has 0 radical (unpaired) electrons. The summed E-state index contributed by atoms with van der Waals surface area (Å²) in [6, 6.07) is 0. The SMILES string of the molecule is CN1CCC2(CC1)CN(P)C(=O)C1(CC1)O2. The number of piperidine rings is 1. The van der Waals surface area contributed by atoms with E-state index in [1.807, 2.05) is 4.67 Å². The molecule has 3 fully saturated rings. The molecule has 2 spiro atoms. The Morgan fingerprint density at radius 1 is 1.25 bits per heavy atom. The zero-order chi connectivity index (χ0) is 11.4. The van der Waals surface area contributed by atoms with Crippen molar-refractivity contribution in [2.24, 2.45) is 0 Å². The number of hydrogen-bond donors (Lipinski definition) is 0. The molecule has 2 saturated heterocycles. The Morgan fingerprint density at radius 3 is 2.44 bits per heavy atom. The molecule has 0 aromatic heterocycles. The van der Waals surface area contributed by atoms with E-state index in [1.165, 1.54) is 0 Å². The maximum atomic E-state index is 12.0. The quantitative estimate of drug-likeness (QED) is 0.584. The van der Waals surface area contributed by atoms with Crippen LogP contribution in [-0.2, 0) is 9.53 Å². The van der Waals surface area contributed by atoms with Crippen LogP contribution in [-0.4, -0.2) is 53.4 Å². The third-order valence-corrected chi connectivity index (χ3v) is 4.54. The van der Waals surface area contributed by atoms with E-state index in [2.05, 4.69) is 21.3 Å². The first-order valence-corrected chi connectivity index (χ1v) is 6.52. The molecule has 3 aliphatic rings. The Morgan fingerprint density at radius 2 is 1.88 bits per heavy atom. The molecular weight excluding hydrogens is 223 g/mol. The van der Waals surface area contributed by atoms with Gasteiger partial charge in [0.1, 0.15) is 5.60 Å². The molecule has 2 heterocycles. The second-order valence-corrected chi connectivity index (χ2v) is 6.14. The van der Waals surface area contributed by atoms with Crippen LogP contribution < -0.4 is 0 Å². The summed E-state index contributed by atoms with van der Waals surface area (Å²) in [7, 11) is 4.72. The Kier molecular flexibility index (Phi) is 2.33. The minimum Gasteiger partial charge on any atom is -0.357 e. The maximum Gasteiger partial charge on any atom is 0.257 e. The lowest BCUT2D eigenvalue weighted by Crippen LogP contribution is -2.60. The number of carbonyl (C=O) groups excluding carboxylic acids is 1. The Balaban J connectivity index is 1.79. The Hall–Kier alpha value is -0.180. The topological polar surface area (TPSA) is 32.8 Å². The van der Waals surface area contributed by atoms with Crippen molar-refractivity contribution in [1.29, 1.82) is 0 Å². The molecule has 1 unspecified atom stereocenters. The highest BCUT2D eigenvalue weighted by atomic mass is 31.0. The van der Waals surface area contributed by atoms with Crippen LogP contribution in [0.2, 0.25) is 0 Å². The summed E-state index contributed by atoms with van der Waals surface area (Å²) in [4.78, 5) is 14.3. The smallest absolute Gasteiger partial charge is 0.257 e. The lowest BCUT2D eigenvalue weighted by Gasteiger charge is -2.48. The number of morpholine rings is 1.